The zero-order valence-corrected chi connectivity index (χ0v) is 15.7. The smallest absolute Gasteiger partial charge is 0.321 e. The maximum Gasteiger partial charge on any atom is 0.321 e. The van der Waals surface area contributed by atoms with Crippen LogP contribution in [0.3, 0.4) is 0 Å². The van der Waals surface area contributed by atoms with Crippen molar-refractivity contribution in [3.63, 3.8) is 0 Å². The number of nitrogens with zero attached hydrogens (tertiary/aromatic N) is 2. The zero-order valence-electron chi connectivity index (χ0n) is 14.9. The molecule has 0 radical (unpaired) electrons. The largest absolute Gasteiger partial charge is 0.340 e. The van der Waals surface area contributed by atoms with Gasteiger partial charge in [0.2, 0.25) is 5.91 Å². The van der Waals surface area contributed by atoms with Gasteiger partial charge >= 0.3 is 6.03 Å². The number of para-hydroxylation sites is 1. The fraction of sp³-hybridized carbons (Fsp3) is 0.579. The van der Waals surface area contributed by atoms with Crippen LogP contribution in [0, 0.1) is 5.41 Å². The molecule has 0 aliphatic carbocycles. The van der Waals surface area contributed by atoms with Gasteiger partial charge in [0, 0.05) is 32.1 Å². The van der Waals surface area contributed by atoms with E-state index in [0.717, 1.165) is 38.9 Å². The number of anilines is 1. The van der Waals surface area contributed by atoms with E-state index in [1.165, 1.54) is 0 Å². The van der Waals surface area contributed by atoms with Crippen molar-refractivity contribution >= 4 is 29.2 Å². The first-order valence-corrected chi connectivity index (χ1v) is 9.38. The summed E-state index contributed by atoms with van der Waals surface area (Å²) in [6, 6.07) is 7.40. The van der Waals surface area contributed by atoms with E-state index in [4.69, 9.17) is 11.6 Å². The molecule has 0 unspecified atom stereocenters. The van der Waals surface area contributed by atoms with Gasteiger partial charge in [0.05, 0.1) is 10.7 Å². The normalized spacial score (nSPS) is 20.2. The van der Waals surface area contributed by atoms with Crippen molar-refractivity contribution in [2.24, 2.45) is 5.41 Å². The quantitative estimate of drug-likeness (QED) is 0.863. The number of urea groups is 1. The van der Waals surface area contributed by atoms with E-state index in [-0.39, 0.29) is 23.4 Å². The van der Waals surface area contributed by atoms with E-state index >= 15 is 0 Å². The summed E-state index contributed by atoms with van der Waals surface area (Å²) < 4.78 is 0. The molecule has 0 atom stereocenters. The molecule has 1 spiro atoms. The van der Waals surface area contributed by atoms with Crippen LogP contribution in [-0.4, -0.2) is 47.4 Å². The summed E-state index contributed by atoms with van der Waals surface area (Å²) in [6.07, 6.45) is 3.46. The number of piperidine rings is 2. The number of amides is 3. The van der Waals surface area contributed by atoms with Crippen LogP contribution in [-0.2, 0) is 4.79 Å². The zero-order chi connectivity index (χ0) is 18.0. The van der Waals surface area contributed by atoms with Crippen molar-refractivity contribution in [2.45, 2.75) is 45.6 Å². The van der Waals surface area contributed by atoms with Gasteiger partial charge in [0.1, 0.15) is 0 Å². The highest BCUT2D eigenvalue weighted by Gasteiger charge is 2.42. The predicted molar refractivity (Wildman–Crippen MR) is 99.8 cm³/mol. The number of nitrogens with one attached hydrogen (secondary N) is 1. The van der Waals surface area contributed by atoms with Crippen LogP contribution in [0.5, 0.6) is 0 Å². The molecule has 136 valence electrons. The summed E-state index contributed by atoms with van der Waals surface area (Å²) in [5.41, 5.74) is 0.808. The van der Waals surface area contributed by atoms with Gasteiger partial charge in [-0.3, -0.25) is 4.79 Å². The highest BCUT2D eigenvalue weighted by Crippen LogP contribution is 2.40. The Morgan fingerprint density at radius 1 is 1.20 bits per heavy atom. The van der Waals surface area contributed by atoms with Gasteiger partial charge in [-0.05, 0) is 50.7 Å². The van der Waals surface area contributed by atoms with Crippen molar-refractivity contribution in [1.82, 2.24) is 9.80 Å². The summed E-state index contributed by atoms with van der Waals surface area (Å²) in [5, 5.41) is 3.44. The van der Waals surface area contributed by atoms with Crippen LogP contribution in [0.2, 0.25) is 5.02 Å². The Morgan fingerprint density at radius 2 is 1.88 bits per heavy atom. The minimum atomic E-state index is -0.101. The lowest BCUT2D eigenvalue weighted by Crippen LogP contribution is -2.54. The molecule has 2 heterocycles. The summed E-state index contributed by atoms with van der Waals surface area (Å²) in [6.45, 7) is 6.41. The fourth-order valence-electron chi connectivity index (χ4n) is 3.86. The number of hydrogen-bond donors (Lipinski definition) is 1. The average Bonchev–Trinajstić information content (AvgIpc) is 2.60. The maximum absolute atomic E-state index is 12.5. The third-order valence-corrected chi connectivity index (χ3v) is 5.88. The van der Waals surface area contributed by atoms with Gasteiger partial charge in [0.15, 0.2) is 0 Å². The second kappa shape index (κ2) is 7.24. The van der Waals surface area contributed by atoms with Crippen LogP contribution < -0.4 is 5.32 Å². The standard InChI is InChI=1S/C19H26ClN3O2/c1-14(2)23-13-19(8-7-17(23)24)9-11-22(12-10-19)18(25)21-16-6-4-3-5-15(16)20/h3-6,14H,7-13H2,1-2H3,(H,21,25). The van der Waals surface area contributed by atoms with Crippen molar-refractivity contribution in [1.29, 1.82) is 0 Å². The van der Waals surface area contributed by atoms with Gasteiger partial charge < -0.3 is 15.1 Å². The lowest BCUT2D eigenvalue weighted by atomic mass is 9.72. The van der Waals surface area contributed by atoms with E-state index in [9.17, 15) is 9.59 Å². The third kappa shape index (κ3) is 3.92. The predicted octanol–water partition coefficient (Wildman–Crippen LogP) is 3.98. The first-order valence-electron chi connectivity index (χ1n) is 9.00. The molecule has 2 aliphatic heterocycles. The molecule has 1 N–H and O–H groups in total. The van der Waals surface area contributed by atoms with E-state index < -0.39 is 0 Å². The van der Waals surface area contributed by atoms with Crippen LogP contribution >= 0.6 is 11.6 Å². The Labute approximate surface area is 154 Å². The minimum absolute atomic E-state index is 0.101. The number of hydrogen-bond acceptors (Lipinski definition) is 2. The topological polar surface area (TPSA) is 52.7 Å². The summed E-state index contributed by atoms with van der Waals surface area (Å²) in [7, 11) is 0. The molecule has 0 aromatic heterocycles. The molecule has 6 heteroatoms. The second-order valence-corrected chi connectivity index (χ2v) is 7.92. The summed E-state index contributed by atoms with van der Waals surface area (Å²) in [4.78, 5) is 28.5. The van der Waals surface area contributed by atoms with Crippen molar-refractivity contribution in [3.05, 3.63) is 29.3 Å². The Morgan fingerprint density at radius 3 is 2.52 bits per heavy atom. The molecule has 2 aliphatic rings. The number of carbonyl (C=O) groups is 2. The Hall–Kier alpha value is -1.75. The van der Waals surface area contributed by atoms with Gasteiger partial charge in [-0.1, -0.05) is 23.7 Å². The number of halogens is 1. The Kier molecular flexibility index (Phi) is 5.23. The van der Waals surface area contributed by atoms with E-state index in [1.807, 2.05) is 21.9 Å². The SMILES string of the molecule is CC(C)N1CC2(CCC1=O)CCN(C(=O)Nc1ccccc1Cl)CC2. The highest BCUT2D eigenvalue weighted by molar-refractivity contribution is 6.33. The lowest BCUT2D eigenvalue weighted by molar-refractivity contribution is -0.141. The van der Waals surface area contributed by atoms with Crippen LogP contribution in [0.15, 0.2) is 24.3 Å². The molecule has 3 amide bonds. The first kappa shape index (κ1) is 18.1. The molecule has 1 aromatic rings. The number of benzene rings is 1. The van der Waals surface area contributed by atoms with Crippen molar-refractivity contribution < 1.29 is 9.59 Å². The molecule has 5 nitrogen and oxygen atoms in total. The maximum atomic E-state index is 12.5. The van der Waals surface area contributed by atoms with E-state index in [1.54, 1.807) is 12.1 Å². The number of likely N-dealkylation sites (tertiary alicyclic amines) is 2. The molecule has 2 fully saturated rings. The van der Waals surface area contributed by atoms with E-state index in [2.05, 4.69) is 19.2 Å². The minimum Gasteiger partial charge on any atom is -0.340 e. The van der Waals surface area contributed by atoms with E-state index in [0.29, 0.717) is 17.1 Å². The van der Waals surface area contributed by atoms with Crippen LogP contribution in [0.25, 0.3) is 0 Å². The summed E-state index contributed by atoms with van der Waals surface area (Å²) in [5.74, 6) is 0.263. The van der Waals surface area contributed by atoms with Gasteiger partial charge in [-0.25, -0.2) is 4.79 Å². The number of rotatable bonds is 2. The summed E-state index contributed by atoms with van der Waals surface area (Å²) >= 11 is 6.11. The van der Waals surface area contributed by atoms with Gasteiger partial charge in [-0.15, -0.1) is 0 Å². The first-order chi connectivity index (χ1) is 11.9. The molecule has 3 rings (SSSR count). The molecule has 25 heavy (non-hydrogen) atoms. The Balaban J connectivity index is 1.59. The molecule has 0 bridgehead atoms. The fourth-order valence-corrected chi connectivity index (χ4v) is 4.05. The molecule has 0 saturated carbocycles. The third-order valence-electron chi connectivity index (χ3n) is 5.55. The van der Waals surface area contributed by atoms with Crippen molar-refractivity contribution in [2.75, 3.05) is 25.0 Å². The monoisotopic (exact) mass is 363 g/mol. The van der Waals surface area contributed by atoms with Crippen molar-refractivity contribution in [3.8, 4) is 0 Å². The average molecular weight is 364 g/mol. The Bertz CT molecular complexity index is 654. The molecular weight excluding hydrogens is 338 g/mol. The van der Waals surface area contributed by atoms with Gasteiger partial charge in [0.25, 0.3) is 0 Å². The highest BCUT2D eigenvalue weighted by atomic mass is 35.5. The molecule has 2 saturated heterocycles. The second-order valence-electron chi connectivity index (χ2n) is 7.51. The molecule has 1 aromatic carbocycles. The van der Waals surface area contributed by atoms with Crippen LogP contribution in [0.1, 0.15) is 39.5 Å². The number of carbonyl (C=O) groups excluding carboxylic acids is 2. The van der Waals surface area contributed by atoms with Gasteiger partial charge in [-0.2, -0.15) is 0 Å². The molecular formula is C19H26ClN3O2. The lowest BCUT2D eigenvalue weighted by Gasteiger charge is -2.48. The van der Waals surface area contributed by atoms with Crippen LogP contribution in [0.4, 0.5) is 10.5 Å².